The molecule has 2 N–H and O–H groups in total. The van der Waals surface area contributed by atoms with E-state index in [0.717, 1.165) is 70.1 Å². The van der Waals surface area contributed by atoms with E-state index in [-0.39, 0.29) is 30.0 Å². The molecule has 0 saturated carbocycles. The Kier molecular flexibility index (Phi) is 8.98. The van der Waals surface area contributed by atoms with Crippen LogP contribution in [0, 0.1) is 5.92 Å². The normalized spacial score (nSPS) is 18.8. The van der Waals surface area contributed by atoms with Crippen molar-refractivity contribution in [2.24, 2.45) is 5.92 Å². The minimum atomic E-state index is -4.54. The Hall–Kier alpha value is -3.47. The number of halogens is 3. The highest BCUT2D eigenvalue weighted by molar-refractivity contribution is 5.96. The third-order valence-electron chi connectivity index (χ3n) is 7.18. The molecule has 2 saturated heterocycles. The second kappa shape index (κ2) is 12.4. The first-order valence-corrected chi connectivity index (χ1v) is 12.9. The number of carbonyl (C=O) groups is 3. The number of amides is 3. The summed E-state index contributed by atoms with van der Waals surface area (Å²) in [4.78, 5) is 45.3. The van der Waals surface area contributed by atoms with Gasteiger partial charge in [0, 0.05) is 55.7 Å². The molecule has 2 aliphatic rings. The van der Waals surface area contributed by atoms with Gasteiger partial charge in [0.1, 0.15) is 0 Å². The molecule has 1 aromatic heterocycles. The van der Waals surface area contributed by atoms with Gasteiger partial charge < -0.3 is 20.4 Å². The molecule has 204 valence electrons. The molecule has 2 aliphatic heterocycles. The van der Waals surface area contributed by atoms with E-state index >= 15 is 0 Å². The van der Waals surface area contributed by atoms with Gasteiger partial charge in [0.15, 0.2) is 0 Å². The number of pyridine rings is 1. The molecule has 11 heteroatoms. The summed E-state index contributed by atoms with van der Waals surface area (Å²) in [5.41, 5.74) is -0.393. The second-order valence-corrected chi connectivity index (χ2v) is 9.88. The Morgan fingerprint density at radius 3 is 2.42 bits per heavy atom. The summed E-state index contributed by atoms with van der Waals surface area (Å²) in [5, 5.41) is 5.29. The van der Waals surface area contributed by atoms with Crippen LogP contribution < -0.4 is 10.6 Å². The highest BCUT2D eigenvalue weighted by Crippen LogP contribution is 2.29. The number of likely N-dealkylation sites (tertiary alicyclic amines) is 2. The first-order valence-electron chi connectivity index (χ1n) is 12.9. The Bertz CT molecular complexity index is 1120. The van der Waals surface area contributed by atoms with E-state index in [1.165, 1.54) is 6.07 Å². The number of nitrogens with one attached hydrogen (secondary N) is 2. The molecular weight excluding hydrogens is 499 g/mol. The minimum Gasteiger partial charge on any atom is -0.350 e. The summed E-state index contributed by atoms with van der Waals surface area (Å²) < 4.78 is 38.6. The van der Waals surface area contributed by atoms with Crippen LogP contribution >= 0.6 is 0 Å². The zero-order valence-electron chi connectivity index (χ0n) is 21.0. The molecule has 3 heterocycles. The highest BCUT2D eigenvalue weighted by atomic mass is 19.4. The van der Waals surface area contributed by atoms with Crippen LogP contribution in [0.25, 0.3) is 0 Å². The van der Waals surface area contributed by atoms with Gasteiger partial charge in [0.2, 0.25) is 5.91 Å². The van der Waals surface area contributed by atoms with Gasteiger partial charge in [0.05, 0.1) is 12.1 Å². The summed E-state index contributed by atoms with van der Waals surface area (Å²) in [7, 11) is 0. The molecule has 1 aromatic carbocycles. The van der Waals surface area contributed by atoms with Crippen molar-refractivity contribution < 1.29 is 27.6 Å². The molecule has 0 bridgehead atoms. The number of piperidine rings is 1. The molecule has 8 nitrogen and oxygen atoms in total. The van der Waals surface area contributed by atoms with Crippen molar-refractivity contribution in [1.29, 1.82) is 0 Å². The van der Waals surface area contributed by atoms with Gasteiger partial charge in [-0.05, 0) is 68.5 Å². The molecule has 38 heavy (non-hydrogen) atoms. The van der Waals surface area contributed by atoms with Gasteiger partial charge in [0.25, 0.3) is 11.8 Å². The average molecular weight is 532 g/mol. The minimum absolute atomic E-state index is 0.0345. The van der Waals surface area contributed by atoms with Crippen LogP contribution in [-0.2, 0) is 11.0 Å². The van der Waals surface area contributed by atoms with E-state index in [1.807, 2.05) is 4.90 Å². The summed E-state index contributed by atoms with van der Waals surface area (Å²) in [6.45, 7) is 3.69. The van der Waals surface area contributed by atoms with E-state index in [2.05, 4.69) is 20.5 Å². The third kappa shape index (κ3) is 7.53. The Balaban J connectivity index is 1.12. The second-order valence-electron chi connectivity index (χ2n) is 9.88. The zero-order valence-corrected chi connectivity index (χ0v) is 21.0. The fourth-order valence-corrected chi connectivity index (χ4v) is 5.00. The lowest BCUT2D eigenvalue weighted by atomic mass is 9.93. The molecule has 0 radical (unpaired) electrons. The maximum atomic E-state index is 12.9. The predicted octanol–water partition coefficient (Wildman–Crippen LogP) is 2.96. The Labute approximate surface area is 219 Å². The van der Waals surface area contributed by atoms with Crippen LogP contribution in [0.1, 0.15) is 52.0 Å². The standard InChI is InChI=1S/C27H32F3N5O3/c28-27(29,30)22-3-1-2-21(16-22)25(37)32-17-24(36)33-23-9-13-34(18-23)12-6-19-7-14-35(15-8-19)26(38)20-4-10-31-11-5-20/h1-5,10-11,16,19,23H,6-9,12-15,17-18H2,(H,32,37)(H,33,36)/t23-/m1/s1. The molecule has 0 spiro atoms. The number of hydrogen-bond donors (Lipinski definition) is 2. The monoisotopic (exact) mass is 531 g/mol. The van der Waals surface area contributed by atoms with Crippen molar-refractivity contribution in [2.75, 3.05) is 39.3 Å². The average Bonchev–Trinajstić information content (AvgIpc) is 3.37. The Morgan fingerprint density at radius 1 is 0.974 bits per heavy atom. The van der Waals surface area contributed by atoms with E-state index in [4.69, 9.17) is 0 Å². The van der Waals surface area contributed by atoms with E-state index in [0.29, 0.717) is 18.0 Å². The van der Waals surface area contributed by atoms with Crippen molar-refractivity contribution in [3.63, 3.8) is 0 Å². The van der Waals surface area contributed by atoms with Gasteiger partial charge in [-0.1, -0.05) is 6.07 Å². The number of carbonyl (C=O) groups excluding carboxylic acids is 3. The van der Waals surface area contributed by atoms with Crippen molar-refractivity contribution in [3.05, 3.63) is 65.5 Å². The molecule has 3 amide bonds. The summed E-state index contributed by atoms with van der Waals surface area (Å²) in [6, 6.07) is 7.54. The first-order chi connectivity index (χ1) is 18.2. The SMILES string of the molecule is O=C(CNC(=O)c1cccc(C(F)(F)F)c1)N[C@@H]1CCN(CCC2CCN(C(=O)c3ccncc3)CC2)C1. The van der Waals surface area contributed by atoms with Crippen molar-refractivity contribution in [1.82, 2.24) is 25.4 Å². The van der Waals surface area contributed by atoms with Gasteiger partial charge in [-0.25, -0.2) is 0 Å². The van der Waals surface area contributed by atoms with Crippen molar-refractivity contribution >= 4 is 17.7 Å². The number of benzene rings is 1. The molecular formula is C27H32F3N5O3. The van der Waals surface area contributed by atoms with Crippen LogP contribution in [0.3, 0.4) is 0 Å². The van der Waals surface area contributed by atoms with Crippen LogP contribution in [-0.4, -0.2) is 77.8 Å². The van der Waals surface area contributed by atoms with Gasteiger partial charge >= 0.3 is 6.18 Å². The number of nitrogens with zero attached hydrogens (tertiary/aromatic N) is 3. The van der Waals surface area contributed by atoms with Crippen LogP contribution in [0.15, 0.2) is 48.8 Å². The van der Waals surface area contributed by atoms with Crippen LogP contribution in [0.5, 0.6) is 0 Å². The lowest BCUT2D eigenvalue weighted by Crippen LogP contribution is -2.43. The number of hydrogen-bond acceptors (Lipinski definition) is 5. The fraction of sp³-hybridized carbons (Fsp3) is 0.481. The summed E-state index contributed by atoms with van der Waals surface area (Å²) >= 11 is 0. The van der Waals surface area contributed by atoms with E-state index in [9.17, 15) is 27.6 Å². The van der Waals surface area contributed by atoms with Crippen LogP contribution in [0.4, 0.5) is 13.2 Å². The first kappa shape index (κ1) is 27.6. The molecule has 0 unspecified atom stereocenters. The number of rotatable bonds is 8. The maximum absolute atomic E-state index is 12.9. The van der Waals surface area contributed by atoms with Crippen LogP contribution in [0.2, 0.25) is 0 Å². The van der Waals surface area contributed by atoms with E-state index < -0.39 is 17.6 Å². The topological polar surface area (TPSA) is 94.6 Å². The largest absolute Gasteiger partial charge is 0.416 e. The molecule has 2 aromatic rings. The molecule has 0 aliphatic carbocycles. The maximum Gasteiger partial charge on any atom is 0.416 e. The predicted molar refractivity (Wildman–Crippen MR) is 134 cm³/mol. The summed E-state index contributed by atoms with van der Waals surface area (Å²) in [5.74, 6) is -0.498. The van der Waals surface area contributed by atoms with Crippen molar-refractivity contribution in [3.8, 4) is 0 Å². The number of aromatic nitrogens is 1. The molecule has 2 fully saturated rings. The van der Waals surface area contributed by atoms with Gasteiger partial charge in [-0.2, -0.15) is 13.2 Å². The smallest absolute Gasteiger partial charge is 0.350 e. The molecule has 1 atom stereocenters. The lowest BCUT2D eigenvalue weighted by Gasteiger charge is -2.32. The lowest BCUT2D eigenvalue weighted by molar-refractivity contribution is -0.137. The molecule has 4 rings (SSSR count). The Morgan fingerprint density at radius 2 is 1.71 bits per heavy atom. The summed E-state index contributed by atoms with van der Waals surface area (Å²) in [6.07, 6.45) is 2.48. The fourth-order valence-electron chi connectivity index (χ4n) is 5.00. The highest BCUT2D eigenvalue weighted by Gasteiger charge is 2.31. The zero-order chi connectivity index (χ0) is 27.1. The third-order valence-corrected chi connectivity index (χ3v) is 7.18. The quantitative estimate of drug-likeness (QED) is 0.546. The number of alkyl halides is 3. The van der Waals surface area contributed by atoms with Gasteiger partial charge in [-0.15, -0.1) is 0 Å². The van der Waals surface area contributed by atoms with E-state index in [1.54, 1.807) is 24.5 Å². The van der Waals surface area contributed by atoms with Crippen molar-refractivity contribution in [2.45, 2.75) is 37.9 Å². The van der Waals surface area contributed by atoms with Gasteiger partial charge in [-0.3, -0.25) is 19.4 Å².